The highest BCUT2D eigenvalue weighted by Gasteiger charge is 2.29. The Kier molecular flexibility index (Phi) is 5.97. The summed E-state index contributed by atoms with van der Waals surface area (Å²) in [5, 5.41) is 3.66. The lowest BCUT2D eigenvalue weighted by Gasteiger charge is -2.37. The standard InChI is InChI=1S/C24H30ClN7O2/c1-24(2,3)34-23(33)31-8-6-30(7-9-31)19-10-17(16-4-5-16)13-32-14-18(29-22(19)32)12-26-21-11-20(25)27-15-28-21/h10-11,13-16H,4-9,12H2,1-3H3,(H,26,27,28). The zero-order valence-corrected chi connectivity index (χ0v) is 20.5. The number of imidazole rings is 1. The number of anilines is 2. The Balaban J connectivity index is 1.34. The van der Waals surface area contributed by atoms with Crippen molar-refractivity contribution in [2.24, 2.45) is 0 Å². The third-order valence-corrected chi connectivity index (χ3v) is 6.21. The van der Waals surface area contributed by atoms with E-state index in [9.17, 15) is 4.79 Å². The first-order valence-corrected chi connectivity index (χ1v) is 12.1. The molecule has 34 heavy (non-hydrogen) atoms. The summed E-state index contributed by atoms with van der Waals surface area (Å²) in [5.74, 6) is 1.28. The minimum absolute atomic E-state index is 0.247. The first-order valence-electron chi connectivity index (χ1n) is 11.7. The van der Waals surface area contributed by atoms with E-state index >= 15 is 0 Å². The van der Waals surface area contributed by atoms with Gasteiger partial charge in [0.25, 0.3) is 0 Å². The monoisotopic (exact) mass is 483 g/mol. The maximum atomic E-state index is 12.5. The number of hydrogen-bond donors (Lipinski definition) is 1. The minimum Gasteiger partial charge on any atom is -0.444 e. The number of carbonyl (C=O) groups excluding carboxylic acids is 1. The number of nitrogens with one attached hydrogen (secondary N) is 1. The van der Waals surface area contributed by atoms with Crippen LogP contribution in [-0.2, 0) is 11.3 Å². The molecule has 1 N–H and O–H groups in total. The van der Waals surface area contributed by atoms with Gasteiger partial charge >= 0.3 is 6.09 Å². The van der Waals surface area contributed by atoms with E-state index in [1.54, 1.807) is 11.0 Å². The highest BCUT2D eigenvalue weighted by Crippen LogP contribution is 2.42. The summed E-state index contributed by atoms with van der Waals surface area (Å²) in [7, 11) is 0. The number of rotatable bonds is 5. The van der Waals surface area contributed by atoms with Crippen LogP contribution in [0.3, 0.4) is 0 Å². The van der Waals surface area contributed by atoms with Crippen molar-refractivity contribution >= 4 is 34.8 Å². The van der Waals surface area contributed by atoms with Crippen molar-refractivity contribution < 1.29 is 9.53 Å². The molecule has 0 unspecified atom stereocenters. The predicted octanol–water partition coefficient (Wildman–Crippen LogP) is 4.32. The van der Waals surface area contributed by atoms with Crippen LogP contribution in [0.2, 0.25) is 5.15 Å². The molecule has 1 amide bonds. The fourth-order valence-electron chi connectivity index (χ4n) is 4.18. The molecule has 0 atom stereocenters. The molecule has 3 aromatic heterocycles. The van der Waals surface area contributed by atoms with Crippen LogP contribution in [0.5, 0.6) is 0 Å². The largest absolute Gasteiger partial charge is 0.444 e. The van der Waals surface area contributed by atoms with Gasteiger partial charge in [-0.3, -0.25) is 0 Å². The number of ether oxygens (including phenoxy) is 1. The van der Waals surface area contributed by atoms with Gasteiger partial charge in [0, 0.05) is 44.6 Å². The second kappa shape index (κ2) is 8.94. The number of nitrogens with zero attached hydrogens (tertiary/aromatic N) is 6. The summed E-state index contributed by atoms with van der Waals surface area (Å²) < 4.78 is 7.68. The van der Waals surface area contributed by atoms with E-state index in [4.69, 9.17) is 21.3 Å². The Morgan fingerprint density at radius 3 is 2.59 bits per heavy atom. The van der Waals surface area contributed by atoms with E-state index in [0.717, 1.165) is 30.1 Å². The van der Waals surface area contributed by atoms with E-state index in [-0.39, 0.29) is 6.09 Å². The van der Waals surface area contributed by atoms with Gasteiger partial charge < -0.3 is 24.3 Å². The maximum Gasteiger partial charge on any atom is 0.410 e. The van der Waals surface area contributed by atoms with E-state index < -0.39 is 5.60 Å². The number of amides is 1. The van der Waals surface area contributed by atoms with Crippen LogP contribution in [0, 0.1) is 0 Å². The van der Waals surface area contributed by atoms with Gasteiger partial charge in [-0.15, -0.1) is 0 Å². The molecule has 4 heterocycles. The molecule has 9 nitrogen and oxygen atoms in total. The molecule has 1 aliphatic carbocycles. The minimum atomic E-state index is -0.490. The molecule has 2 aliphatic rings. The highest BCUT2D eigenvalue weighted by molar-refractivity contribution is 6.29. The van der Waals surface area contributed by atoms with E-state index in [2.05, 4.69) is 43.0 Å². The smallest absolute Gasteiger partial charge is 0.410 e. The average molecular weight is 484 g/mol. The van der Waals surface area contributed by atoms with Crippen molar-refractivity contribution in [2.75, 3.05) is 36.4 Å². The second-order valence-corrected chi connectivity index (χ2v) is 10.3. The van der Waals surface area contributed by atoms with Gasteiger partial charge in [-0.25, -0.2) is 19.7 Å². The summed E-state index contributed by atoms with van der Waals surface area (Å²) in [5.41, 5.74) is 3.81. The summed E-state index contributed by atoms with van der Waals surface area (Å²) >= 11 is 5.96. The van der Waals surface area contributed by atoms with Crippen LogP contribution in [-0.4, -0.2) is 62.1 Å². The zero-order chi connectivity index (χ0) is 23.9. The molecule has 5 rings (SSSR count). The number of pyridine rings is 1. The van der Waals surface area contributed by atoms with Crippen LogP contribution in [0.15, 0.2) is 30.9 Å². The van der Waals surface area contributed by atoms with Crippen molar-refractivity contribution in [3.8, 4) is 0 Å². The highest BCUT2D eigenvalue weighted by atomic mass is 35.5. The molecule has 0 radical (unpaired) electrons. The lowest BCUT2D eigenvalue weighted by molar-refractivity contribution is 0.0240. The van der Waals surface area contributed by atoms with Gasteiger partial charge in [0.2, 0.25) is 0 Å². The summed E-state index contributed by atoms with van der Waals surface area (Å²) in [4.78, 5) is 29.6. The molecule has 180 valence electrons. The van der Waals surface area contributed by atoms with Crippen molar-refractivity contribution in [1.29, 1.82) is 0 Å². The summed E-state index contributed by atoms with van der Waals surface area (Å²) in [6.07, 6.45) is 7.92. The van der Waals surface area contributed by atoms with Gasteiger partial charge in [0.1, 0.15) is 22.9 Å². The van der Waals surface area contributed by atoms with Gasteiger partial charge in [0.05, 0.1) is 17.9 Å². The molecule has 1 saturated heterocycles. The van der Waals surface area contributed by atoms with Crippen LogP contribution in [0.4, 0.5) is 16.3 Å². The lowest BCUT2D eigenvalue weighted by Crippen LogP contribution is -2.50. The first-order chi connectivity index (χ1) is 16.2. The maximum absolute atomic E-state index is 12.5. The van der Waals surface area contributed by atoms with Gasteiger partial charge in [0.15, 0.2) is 5.65 Å². The average Bonchev–Trinajstić information content (AvgIpc) is 3.55. The number of fused-ring (bicyclic) bond motifs is 1. The molecule has 3 aromatic rings. The van der Waals surface area contributed by atoms with Crippen molar-refractivity contribution in [3.05, 3.63) is 47.3 Å². The van der Waals surface area contributed by atoms with Crippen LogP contribution in [0.1, 0.15) is 50.8 Å². The number of hydrogen-bond acceptors (Lipinski definition) is 7. The molecule has 0 bridgehead atoms. The third kappa shape index (κ3) is 5.19. The lowest BCUT2D eigenvalue weighted by atomic mass is 10.1. The second-order valence-electron chi connectivity index (χ2n) is 9.93. The van der Waals surface area contributed by atoms with E-state index in [1.807, 2.05) is 20.8 Å². The van der Waals surface area contributed by atoms with Gasteiger partial charge in [-0.05, 0) is 51.2 Å². The molecule has 0 aromatic carbocycles. The van der Waals surface area contributed by atoms with Crippen LogP contribution >= 0.6 is 11.6 Å². The molecule has 1 saturated carbocycles. The number of halogens is 1. The molecule has 1 aliphatic heterocycles. The first kappa shape index (κ1) is 22.7. The van der Waals surface area contributed by atoms with Crippen molar-refractivity contribution in [3.63, 3.8) is 0 Å². The predicted molar refractivity (Wildman–Crippen MR) is 132 cm³/mol. The summed E-state index contributed by atoms with van der Waals surface area (Å²) in [6.45, 7) is 8.93. The van der Waals surface area contributed by atoms with Crippen LogP contribution in [0.25, 0.3) is 5.65 Å². The van der Waals surface area contributed by atoms with Gasteiger partial charge in [-0.1, -0.05) is 11.6 Å². The fraction of sp³-hybridized carbons (Fsp3) is 0.500. The van der Waals surface area contributed by atoms with E-state index in [1.165, 1.54) is 24.7 Å². The molecular weight excluding hydrogens is 454 g/mol. The third-order valence-electron chi connectivity index (χ3n) is 6.01. The van der Waals surface area contributed by atoms with Crippen molar-refractivity contribution in [2.45, 2.75) is 51.7 Å². The molecule has 10 heteroatoms. The fourth-order valence-corrected chi connectivity index (χ4v) is 4.33. The summed E-state index contributed by atoms with van der Waals surface area (Å²) in [6, 6.07) is 3.97. The quantitative estimate of drug-likeness (QED) is 0.540. The van der Waals surface area contributed by atoms with E-state index in [0.29, 0.717) is 36.5 Å². The number of aromatic nitrogens is 4. The van der Waals surface area contributed by atoms with Gasteiger partial charge in [-0.2, -0.15) is 0 Å². The number of carbonyl (C=O) groups is 1. The molecular formula is C24H30ClN7O2. The topological polar surface area (TPSA) is 87.9 Å². The normalized spacial score (nSPS) is 16.7. The molecule has 2 fully saturated rings. The number of piperazine rings is 1. The Morgan fingerprint density at radius 2 is 1.91 bits per heavy atom. The Morgan fingerprint density at radius 1 is 1.15 bits per heavy atom. The van der Waals surface area contributed by atoms with Crippen molar-refractivity contribution in [1.82, 2.24) is 24.3 Å². The zero-order valence-electron chi connectivity index (χ0n) is 19.8. The molecule has 0 spiro atoms. The van der Waals surface area contributed by atoms with Crippen LogP contribution < -0.4 is 10.2 Å². The SMILES string of the molecule is CC(C)(C)OC(=O)N1CCN(c2cc(C3CC3)cn3cc(CNc4cc(Cl)ncn4)nc23)CC1. The Hall–Kier alpha value is -3.07. The Labute approximate surface area is 204 Å². The Bertz CT molecular complexity index is 1190.